The SMILES string of the molecule is COCC(N)c1noc(Cc2ccc(F)cc2)n1. The molecule has 0 amide bonds. The summed E-state index contributed by atoms with van der Waals surface area (Å²) in [5, 5.41) is 3.78. The lowest BCUT2D eigenvalue weighted by molar-refractivity contribution is 0.177. The van der Waals surface area contributed by atoms with Crippen LogP contribution in [-0.2, 0) is 11.2 Å². The number of halogens is 1. The highest BCUT2D eigenvalue weighted by atomic mass is 19.1. The number of nitrogens with zero attached hydrogens (tertiary/aromatic N) is 2. The predicted molar refractivity (Wildman–Crippen MR) is 62.3 cm³/mol. The van der Waals surface area contributed by atoms with Crippen LogP contribution >= 0.6 is 0 Å². The molecule has 1 aromatic heterocycles. The van der Waals surface area contributed by atoms with Gasteiger partial charge in [-0.3, -0.25) is 0 Å². The summed E-state index contributed by atoms with van der Waals surface area (Å²) in [5.74, 6) is 0.587. The van der Waals surface area contributed by atoms with E-state index in [2.05, 4.69) is 10.1 Å². The molecule has 0 aliphatic carbocycles. The first-order valence-electron chi connectivity index (χ1n) is 5.50. The first-order valence-corrected chi connectivity index (χ1v) is 5.50. The van der Waals surface area contributed by atoms with Gasteiger partial charge in [0.1, 0.15) is 5.82 Å². The minimum atomic E-state index is -0.402. The van der Waals surface area contributed by atoms with Crippen molar-refractivity contribution < 1.29 is 13.7 Å². The maximum Gasteiger partial charge on any atom is 0.231 e. The molecule has 1 atom stereocenters. The zero-order chi connectivity index (χ0) is 13.0. The Balaban J connectivity index is 2.04. The van der Waals surface area contributed by atoms with Gasteiger partial charge in [0.25, 0.3) is 0 Å². The highest BCUT2D eigenvalue weighted by molar-refractivity contribution is 5.19. The van der Waals surface area contributed by atoms with Crippen molar-refractivity contribution in [1.29, 1.82) is 0 Å². The maximum absolute atomic E-state index is 12.7. The molecule has 0 saturated carbocycles. The second-order valence-electron chi connectivity index (χ2n) is 3.91. The minimum Gasteiger partial charge on any atom is -0.383 e. The molecule has 18 heavy (non-hydrogen) atoms. The second-order valence-corrected chi connectivity index (χ2v) is 3.91. The predicted octanol–water partition coefficient (Wildman–Crippen LogP) is 1.45. The second kappa shape index (κ2) is 5.70. The number of aromatic nitrogens is 2. The number of benzene rings is 1. The van der Waals surface area contributed by atoms with E-state index in [0.717, 1.165) is 5.56 Å². The summed E-state index contributed by atoms with van der Waals surface area (Å²) < 4.78 is 22.7. The van der Waals surface area contributed by atoms with Crippen LogP contribution in [0.2, 0.25) is 0 Å². The number of hydrogen-bond acceptors (Lipinski definition) is 5. The van der Waals surface area contributed by atoms with Crippen molar-refractivity contribution in [2.45, 2.75) is 12.5 Å². The fraction of sp³-hybridized carbons (Fsp3) is 0.333. The zero-order valence-electron chi connectivity index (χ0n) is 9.97. The van der Waals surface area contributed by atoms with Gasteiger partial charge in [-0.25, -0.2) is 4.39 Å². The van der Waals surface area contributed by atoms with E-state index in [1.165, 1.54) is 12.1 Å². The molecule has 0 aliphatic heterocycles. The van der Waals surface area contributed by atoms with Crippen molar-refractivity contribution in [3.8, 4) is 0 Å². The largest absolute Gasteiger partial charge is 0.383 e. The minimum absolute atomic E-state index is 0.271. The molecule has 1 heterocycles. The molecule has 96 valence electrons. The molecule has 2 rings (SSSR count). The lowest BCUT2D eigenvalue weighted by atomic mass is 10.1. The van der Waals surface area contributed by atoms with Crippen LogP contribution in [-0.4, -0.2) is 23.9 Å². The van der Waals surface area contributed by atoms with Crippen LogP contribution in [0.25, 0.3) is 0 Å². The summed E-state index contributed by atoms with van der Waals surface area (Å²) >= 11 is 0. The Kier molecular flexibility index (Phi) is 4.01. The number of rotatable bonds is 5. The summed E-state index contributed by atoms with van der Waals surface area (Å²) in [4.78, 5) is 4.17. The fourth-order valence-electron chi connectivity index (χ4n) is 1.52. The topological polar surface area (TPSA) is 74.2 Å². The highest BCUT2D eigenvalue weighted by Gasteiger charge is 2.14. The Bertz CT molecular complexity index is 498. The van der Waals surface area contributed by atoms with Crippen LogP contribution < -0.4 is 5.73 Å². The first kappa shape index (κ1) is 12.7. The van der Waals surface area contributed by atoms with Crippen molar-refractivity contribution in [3.05, 3.63) is 47.4 Å². The molecular weight excluding hydrogens is 237 g/mol. The Morgan fingerprint density at radius 1 is 1.39 bits per heavy atom. The third-order valence-corrected chi connectivity index (χ3v) is 2.43. The lowest BCUT2D eigenvalue weighted by Crippen LogP contribution is -2.17. The van der Waals surface area contributed by atoms with Gasteiger partial charge in [-0.15, -0.1) is 0 Å². The molecule has 2 N–H and O–H groups in total. The number of nitrogens with two attached hydrogens (primary N) is 1. The average molecular weight is 251 g/mol. The van der Waals surface area contributed by atoms with Gasteiger partial charge in [-0.05, 0) is 17.7 Å². The molecule has 0 saturated heterocycles. The molecule has 1 aromatic carbocycles. The molecule has 0 bridgehead atoms. The van der Waals surface area contributed by atoms with Crippen LogP contribution in [0.5, 0.6) is 0 Å². The van der Waals surface area contributed by atoms with E-state index in [0.29, 0.717) is 24.7 Å². The Hall–Kier alpha value is -1.79. The average Bonchev–Trinajstić information content (AvgIpc) is 2.81. The molecule has 0 spiro atoms. The Labute approximate surface area is 104 Å². The summed E-state index contributed by atoms with van der Waals surface area (Å²) in [6, 6.07) is 5.73. The standard InChI is InChI=1S/C12H14FN3O2/c1-17-7-10(14)12-15-11(18-16-12)6-8-2-4-9(13)5-3-8/h2-5,10H,6-7,14H2,1H3. The van der Waals surface area contributed by atoms with Crippen molar-refractivity contribution in [3.63, 3.8) is 0 Å². The van der Waals surface area contributed by atoms with E-state index in [4.69, 9.17) is 15.0 Å². The first-order chi connectivity index (χ1) is 8.69. The third-order valence-electron chi connectivity index (χ3n) is 2.43. The highest BCUT2D eigenvalue weighted by Crippen LogP contribution is 2.11. The lowest BCUT2D eigenvalue weighted by Gasteiger charge is -2.03. The smallest absolute Gasteiger partial charge is 0.231 e. The summed E-state index contributed by atoms with van der Waals surface area (Å²) in [7, 11) is 1.55. The Morgan fingerprint density at radius 3 is 2.78 bits per heavy atom. The van der Waals surface area contributed by atoms with E-state index >= 15 is 0 Å². The van der Waals surface area contributed by atoms with Crippen LogP contribution in [0.3, 0.4) is 0 Å². The van der Waals surface area contributed by atoms with Gasteiger partial charge in [0.2, 0.25) is 5.89 Å². The summed E-state index contributed by atoms with van der Waals surface area (Å²) in [6.45, 7) is 0.329. The van der Waals surface area contributed by atoms with Gasteiger partial charge in [0.15, 0.2) is 5.82 Å². The van der Waals surface area contributed by atoms with Crippen molar-refractivity contribution in [2.24, 2.45) is 5.73 Å². The van der Waals surface area contributed by atoms with E-state index in [-0.39, 0.29) is 5.82 Å². The van der Waals surface area contributed by atoms with Crippen LogP contribution in [0, 0.1) is 5.82 Å². The van der Waals surface area contributed by atoms with Gasteiger partial charge < -0.3 is 15.0 Å². The molecule has 0 aliphatic rings. The number of methoxy groups -OCH3 is 1. The van der Waals surface area contributed by atoms with E-state index in [1.54, 1.807) is 19.2 Å². The molecule has 6 heteroatoms. The van der Waals surface area contributed by atoms with Crippen LogP contribution in [0.1, 0.15) is 23.3 Å². The Morgan fingerprint density at radius 2 is 2.11 bits per heavy atom. The maximum atomic E-state index is 12.7. The van der Waals surface area contributed by atoms with Gasteiger partial charge in [0.05, 0.1) is 19.1 Å². The van der Waals surface area contributed by atoms with Gasteiger partial charge in [-0.2, -0.15) is 4.98 Å². The molecule has 2 aromatic rings. The number of ether oxygens (including phenoxy) is 1. The van der Waals surface area contributed by atoms with Crippen LogP contribution in [0.15, 0.2) is 28.8 Å². The zero-order valence-corrected chi connectivity index (χ0v) is 9.97. The molecule has 0 radical (unpaired) electrons. The van der Waals surface area contributed by atoms with Gasteiger partial charge in [0, 0.05) is 7.11 Å². The summed E-state index contributed by atoms with van der Waals surface area (Å²) in [5.41, 5.74) is 6.67. The van der Waals surface area contributed by atoms with Gasteiger partial charge >= 0.3 is 0 Å². The molecule has 0 fully saturated rings. The fourth-order valence-corrected chi connectivity index (χ4v) is 1.52. The van der Waals surface area contributed by atoms with Crippen LogP contribution in [0.4, 0.5) is 4.39 Å². The quantitative estimate of drug-likeness (QED) is 0.870. The van der Waals surface area contributed by atoms with E-state index in [1.807, 2.05) is 0 Å². The summed E-state index contributed by atoms with van der Waals surface area (Å²) in [6.07, 6.45) is 0.451. The molecular formula is C12H14FN3O2. The van der Waals surface area contributed by atoms with Gasteiger partial charge in [-0.1, -0.05) is 17.3 Å². The third kappa shape index (κ3) is 3.12. The van der Waals surface area contributed by atoms with Crippen molar-refractivity contribution >= 4 is 0 Å². The van der Waals surface area contributed by atoms with E-state index in [9.17, 15) is 4.39 Å². The van der Waals surface area contributed by atoms with E-state index < -0.39 is 6.04 Å². The normalized spacial score (nSPS) is 12.6. The number of hydrogen-bond donors (Lipinski definition) is 1. The van der Waals surface area contributed by atoms with Crippen molar-refractivity contribution in [1.82, 2.24) is 10.1 Å². The molecule has 5 nitrogen and oxygen atoms in total. The molecule has 1 unspecified atom stereocenters. The monoisotopic (exact) mass is 251 g/mol. The van der Waals surface area contributed by atoms with Crippen molar-refractivity contribution in [2.75, 3.05) is 13.7 Å².